The molecule has 0 atom stereocenters. The molecule has 2 N–H and O–H groups in total. The number of hydrogen-bond donors (Lipinski definition) is 2. The molecule has 2 aromatic heterocycles. The number of aromatic amines is 2. The van der Waals surface area contributed by atoms with E-state index in [4.69, 9.17) is 8.92 Å². The van der Waals surface area contributed by atoms with Crippen LogP contribution in [0.25, 0.3) is 11.4 Å². The van der Waals surface area contributed by atoms with E-state index >= 15 is 0 Å². The van der Waals surface area contributed by atoms with Crippen molar-refractivity contribution in [3.63, 3.8) is 0 Å². The topological polar surface area (TPSA) is 110 Å². The summed E-state index contributed by atoms with van der Waals surface area (Å²) in [4.78, 5) is 46.5. The van der Waals surface area contributed by atoms with E-state index in [9.17, 15) is 19.2 Å². The Morgan fingerprint density at radius 3 is 1.20 bits per heavy atom. The fraction of sp³-hybridized carbons (Fsp3) is 0.133. The first kappa shape index (κ1) is 30.6. The molecule has 40 heavy (non-hydrogen) atoms. The summed E-state index contributed by atoms with van der Waals surface area (Å²) < 4.78 is 4.11. The summed E-state index contributed by atoms with van der Waals surface area (Å²) in [7, 11) is 5.70. The molecule has 0 unspecified atom stereocenters. The zero-order chi connectivity index (χ0) is 29.2. The SMILES string of the molecule is CC(=O)c1c(C)[nH]n(-c2ccccc2)c1=O.CC(=O)c1c(C)[nH]n(-c2ccccc2)c1=O.[Cl][Sn][c]1ccccc1. The van der Waals surface area contributed by atoms with Crippen molar-refractivity contribution in [2.45, 2.75) is 27.7 Å². The third-order valence-corrected chi connectivity index (χ3v) is 8.80. The van der Waals surface area contributed by atoms with Crippen LogP contribution in [0, 0.1) is 13.8 Å². The summed E-state index contributed by atoms with van der Waals surface area (Å²) >= 11 is -0.671. The minimum atomic E-state index is -0.671. The molecule has 5 aromatic rings. The number of para-hydroxylation sites is 2. The Balaban J connectivity index is 0.000000175. The van der Waals surface area contributed by atoms with E-state index < -0.39 is 20.0 Å². The second-order valence-electron chi connectivity index (χ2n) is 8.75. The number of nitrogens with one attached hydrogen (secondary N) is 2. The van der Waals surface area contributed by atoms with Gasteiger partial charge in [-0.2, -0.15) is 0 Å². The number of aromatic nitrogens is 4. The van der Waals surface area contributed by atoms with Crippen molar-refractivity contribution in [2.75, 3.05) is 0 Å². The average molecular weight is 664 g/mol. The minimum absolute atomic E-state index is 0.214. The number of carbonyl (C=O) groups excluding carboxylic acids is 2. The number of hydrogen-bond acceptors (Lipinski definition) is 4. The first-order valence-electron chi connectivity index (χ1n) is 12.3. The molecule has 0 spiro atoms. The van der Waals surface area contributed by atoms with Crippen molar-refractivity contribution >= 4 is 44.1 Å². The van der Waals surface area contributed by atoms with Gasteiger partial charge in [0.15, 0.2) is 11.6 Å². The van der Waals surface area contributed by atoms with E-state index in [0.717, 1.165) is 11.4 Å². The zero-order valence-corrected chi connectivity index (χ0v) is 26.2. The number of aryl methyl sites for hydroxylation is 2. The van der Waals surface area contributed by atoms with Crippen LogP contribution in [0.5, 0.6) is 0 Å². The zero-order valence-electron chi connectivity index (χ0n) is 22.6. The Labute approximate surface area is 245 Å². The van der Waals surface area contributed by atoms with E-state index in [2.05, 4.69) is 22.3 Å². The molecule has 0 fully saturated rings. The summed E-state index contributed by atoms with van der Waals surface area (Å²) in [5.74, 6) is -0.429. The quantitative estimate of drug-likeness (QED) is 0.213. The van der Waals surface area contributed by atoms with Crippen molar-refractivity contribution in [2.24, 2.45) is 0 Å². The van der Waals surface area contributed by atoms with Gasteiger partial charge in [-0.15, -0.1) is 0 Å². The van der Waals surface area contributed by atoms with Gasteiger partial charge in [-0.1, -0.05) is 36.4 Å². The number of nitrogens with zero attached hydrogens (tertiary/aromatic N) is 2. The number of Topliss-reactive ketones (excluding diaryl/α,β-unsaturated/α-hetero) is 2. The van der Waals surface area contributed by atoms with Gasteiger partial charge in [0.25, 0.3) is 11.1 Å². The predicted octanol–water partition coefficient (Wildman–Crippen LogP) is 4.52. The van der Waals surface area contributed by atoms with Crippen molar-refractivity contribution in [1.29, 1.82) is 0 Å². The molecule has 0 bridgehead atoms. The van der Waals surface area contributed by atoms with Crippen LogP contribution in [0.15, 0.2) is 101 Å². The fourth-order valence-electron chi connectivity index (χ4n) is 3.94. The maximum absolute atomic E-state index is 11.9. The van der Waals surface area contributed by atoms with E-state index in [-0.39, 0.29) is 33.8 Å². The van der Waals surface area contributed by atoms with E-state index in [1.165, 1.54) is 26.8 Å². The Morgan fingerprint density at radius 2 is 0.950 bits per heavy atom. The van der Waals surface area contributed by atoms with Crippen molar-refractivity contribution in [3.8, 4) is 11.4 Å². The summed E-state index contributed by atoms with van der Waals surface area (Å²) in [6, 6.07) is 28.6. The summed E-state index contributed by atoms with van der Waals surface area (Å²) in [6.45, 7) is 6.23. The van der Waals surface area contributed by atoms with E-state index in [0.29, 0.717) is 11.4 Å². The van der Waals surface area contributed by atoms with E-state index in [1.807, 2.05) is 54.6 Å². The van der Waals surface area contributed by atoms with Crippen LogP contribution < -0.4 is 14.7 Å². The fourth-order valence-corrected chi connectivity index (χ4v) is 5.70. The third kappa shape index (κ3) is 7.61. The van der Waals surface area contributed by atoms with Gasteiger partial charge in [-0.05, 0) is 52.0 Å². The number of H-pyrrole nitrogens is 2. The Hall–Kier alpha value is -3.89. The van der Waals surface area contributed by atoms with Gasteiger partial charge in [-0.3, -0.25) is 29.4 Å². The summed E-state index contributed by atoms with van der Waals surface area (Å²) in [6.07, 6.45) is 0. The normalized spacial score (nSPS) is 10.1. The molecule has 204 valence electrons. The van der Waals surface area contributed by atoms with Gasteiger partial charge >= 0.3 is 62.8 Å². The Kier molecular flexibility index (Phi) is 11.1. The van der Waals surface area contributed by atoms with Gasteiger partial charge in [0, 0.05) is 11.4 Å². The van der Waals surface area contributed by atoms with Crippen LogP contribution in [0.4, 0.5) is 0 Å². The van der Waals surface area contributed by atoms with Crippen LogP contribution in [0.1, 0.15) is 46.0 Å². The van der Waals surface area contributed by atoms with Crippen molar-refractivity contribution in [3.05, 3.63) is 134 Å². The van der Waals surface area contributed by atoms with Crippen molar-refractivity contribution in [1.82, 2.24) is 19.6 Å². The van der Waals surface area contributed by atoms with E-state index in [1.54, 1.807) is 38.1 Å². The van der Waals surface area contributed by atoms with Gasteiger partial charge in [0.1, 0.15) is 11.1 Å². The number of benzene rings is 3. The Morgan fingerprint density at radius 1 is 0.625 bits per heavy atom. The summed E-state index contributed by atoms with van der Waals surface area (Å²) in [5, 5.41) is 5.79. The molecule has 10 heteroatoms. The molecule has 0 amide bonds. The molecular weight excluding hydrogens is 635 g/mol. The molecule has 0 aliphatic rings. The first-order valence-corrected chi connectivity index (χ1v) is 17.4. The predicted molar refractivity (Wildman–Crippen MR) is 160 cm³/mol. The third-order valence-electron chi connectivity index (χ3n) is 5.76. The molecule has 8 nitrogen and oxygen atoms in total. The molecular formula is C30H29ClN4O4Sn. The molecule has 5 rings (SSSR count). The van der Waals surface area contributed by atoms with Crippen LogP contribution >= 0.6 is 8.92 Å². The molecule has 2 radical (unpaired) electrons. The van der Waals surface area contributed by atoms with Gasteiger partial charge in [0.05, 0.1) is 11.4 Å². The Bertz CT molecular complexity index is 1580. The molecule has 3 aromatic carbocycles. The molecule has 0 aliphatic heterocycles. The van der Waals surface area contributed by atoms with Crippen LogP contribution in [0.2, 0.25) is 0 Å². The molecule has 2 heterocycles. The second kappa shape index (κ2) is 14.5. The van der Waals surface area contributed by atoms with Crippen molar-refractivity contribution < 1.29 is 9.59 Å². The molecule has 0 aliphatic carbocycles. The first-order chi connectivity index (χ1) is 19.1. The average Bonchev–Trinajstić information content (AvgIpc) is 3.44. The number of rotatable bonds is 5. The monoisotopic (exact) mass is 664 g/mol. The van der Waals surface area contributed by atoms with Gasteiger partial charge < -0.3 is 0 Å². The molecule has 0 saturated carbocycles. The maximum atomic E-state index is 11.9. The van der Waals surface area contributed by atoms with Crippen LogP contribution in [0.3, 0.4) is 0 Å². The van der Waals surface area contributed by atoms with Gasteiger partial charge in [0.2, 0.25) is 0 Å². The van der Waals surface area contributed by atoms with Gasteiger partial charge in [-0.25, -0.2) is 9.36 Å². The number of halogens is 1. The standard InChI is InChI=1S/2C12H12N2O2.C6H5.ClH.Sn/c2*1-8-11(9(2)15)12(16)14(13-8)10-6-4-3-5-7-10;1-2-4-6-5-3-1;;/h2*3-7,13H,1-2H3;1-5H;1H;/q;;;;+1/p-1. The molecule has 0 saturated heterocycles. The van der Waals surface area contributed by atoms with Crippen LogP contribution in [-0.4, -0.2) is 51.1 Å². The number of carbonyl (C=O) groups is 2. The second-order valence-corrected chi connectivity index (χ2v) is 12.2. The summed E-state index contributed by atoms with van der Waals surface area (Å²) in [5.41, 5.74) is 2.51. The number of ketones is 2. The van der Waals surface area contributed by atoms with Crippen LogP contribution in [-0.2, 0) is 0 Å².